The summed E-state index contributed by atoms with van der Waals surface area (Å²) in [6.45, 7) is 7.77. The summed E-state index contributed by atoms with van der Waals surface area (Å²) in [5.74, 6) is -0.365. The van der Waals surface area contributed by atoms with Gasteiger partial charge in [0.05, 0.1) is 11.1 Å². The summed E-state index contributed by atoms with van der Waals surface area (Å²) in [6, 6.07) is 5.40. The van der Waals surface area contributed by atoms with Crippen LogP contribution in [0.3, 0.4) is 0 Å². The number of aromatic nitrogens is 2. The average Bonchev–Trinajstić information content (AvgIpc) is 2.87. The van der Waals surface area contributed by atoms with Gasteiger partial charge in [0.25, 0.3) is 5.56 Å². The predicted octanol–water partition coefficient (Wildman–Crippen LogP) is 4.77. The van der Waals surface area contributed by atoms with Crippen molar-refractivity contribution in [2.45, 2.75) is 38.9 Å². The summed E-state index contributed by atoms with van der Waals surface area (Å²) in [6.07, 6.45) is 0. The molecule has 0 unspecified atom stereocenters. The van der Waals surface area contributed by atoms with E-state index in [9.17, 15) is 14.0 Å². The van der Waals surface area contributed by atoms with E-state index in [4.69, 9.17) is 0 Å². The number of rotatable bonds is 5. The molecule has 0 saturated carbocycles. The van der Waals surface area contributed by atoms with Crippen molar-refractivity contribution in [2.75, 3.05) is 5.75 Å². The zero-order chi connectivity index (χ0) is 19.0. The average molecular weight is 391 g/mol. The molecule has 0 N–H and O–H groups in total. The van der Waals surface area contributed by atoms with Crippen LogP contribution in [-0.2, 0) is 0 Å². The number of thioether (sulfide) groups is 1. The lowest BCUT2D eigenvalue weighted by molar-refractivity contribution is 0.102. The molecule has 7 heteroatoms. The van der Waals surface area contributed by atoms with Crippen molar-refractivity contribution in [3.63, 3.8) is 0 Å². The van der Waals surface area contributed by atoms with Crippen molar-refractivity contribution in [1.82, 2.24) is 9.55 Å². The number of carbonyl (C=O) groups excluding carboxylic acids is 1. The first-order chi connectivity index (χ1) is 12.3. The van der Waals surface area contributed by atoms with Gasteiger partial charge in [0.2, 0.25) is 0 Å². The van der Waals surface area contributed by atoms with Crippen molar-refractivity contribution in [3.8, 4) is 0 Å². The third-order valence-corrected chi connectivity index (χ3v) is 6.27. The van der Waals surface area contributed by atoms with Gasteiger partial charge >= 0.3 is 0 Å². The number of ketones is 1. The molecule has 0 aliphatic heterocycles. The van der Waals surface area contributed by atoms with E-state index >= 15 is 0 Å². The molecule has 0 spiro atoms. The van der Waals surface area contributed by atoms with Crippen molar-refractivity contribution in [2.24, 2.45) is 0 Å². The second kappa shape index (κ2) is 7.32. The van der Waals surface area contributed by atoms with Crippen LogP contribution >= 0.6 is 23.1 Å². The Morgan fingerprint density at radius 3 is 2.54 bits per heavy atom. The normalized spacial score (nSPS) is 11.5. The number of fused-ring (bicyclic) bond motifs is 1. The monoisotopic (exact) mass is 390 g/mol. The highest BCUT2D eigenvalue weighted by Crippen LogP contribution is 2.29. The van der Waals surface area contributed by atoms with Gasteiger partial charge < -0.3 is 0 Å². The van der Waals surface area contributed by atoms with Crippen LogP contribution in [0.25, 0.3) is 10.2 Å². The minimum atomic E-state index is -0.376. The lowest BCUT2D eigenvalue weighted by atomic mass is 10.1. The van der Waals surface area contributed by atoms with E-state index in [0.29, 0.717) is 20.9 Å². The van der Waals surface area contributed by atoms with Gasteiger partial charge in [-0.25, -0.2) is 9.37 Å². The number of Topliss-reactive ketones (excluding diaryl/α,β-unsaturated/α-hetero) is 1. The molecule has 0 radical (unpaired) electrons. The highest BCUT2D eigenvalue weighted by molar-refractivity contribution is 7.99. The summed E-state index contributed by atoms with van der Waals surface area (Å²) >= 11 is 2.74. The summed E-state index contributed by atoms with van der Waals surface area (Å²) in [7, 11) is 0. The lowest BCUT2D eigenvalue weighted by Gasteiger charge is -2.15. The maximum atomic E-state index is 13.0. The van der Waals surface area contributed by atoms with Gasteiger partial charge in [0.15, 0.2) is 10.9 Å². The number of hydrogen-bond donors (Lipinski definition) is 0. The first kappa shape index (κ1) is 18.8. The molecule has 0 saturated heterocycles. The van der Waals surface area contributed by atoms with Crippen LogP contribution < -0.4 is 5.56 Å². The van der Waals surface area contributed by atoms with E-state index in [0.717, 1.165) is 10.4 Å². The Kier molecular flexibility index (Phi) is 5.29. The molecule has 3 rings (SSSR count). The Bertz CT molecular complexity index is 1040. The maximum absolute atomic E-state index is 13.0. The van der Waals surface area contributed by atoms with Crippen LogP contribution in [0.5, 0.6) is 0 Å². The van der Waals surface area contributed by atoms with Crippen molar-refractivity contribution >= 4 is 39.1 Å². The SMILES string of the molecule is Cc1sc2nc(SCC(=O)c3ccc(F)cc3)n(C(C)C)c(=O)c2c1C. The number of benzene rings is 1. The molecule has 0 bridgehead atoms. The summed E-state index contributed by atoms with van der Waals surface area (Å²) in [5.41, 5.74) is 1.35. The fourth-order valence-electron chi connectivity index (χ4n) is 2.69. The van der Waals surface area contributed by atoms with Gasteiger partial charge in [-0.2, -0.15) is 0 Å². The number of thiophene rings is 1. The molecule has 4 nitrogen and oxygen atoms in total. The second-order valence-electron chi connectivity index (χ2n) is 6.35. The Morgan fingerprint density at radius 1 is 1.27 bits per heavy atom. The van der Waals surface area contributed by atoms with Gasteiger partial charge in [-0.3, -0.25) is 14.2 Å². The second-order valence-corrected chi connectivity index (χ2v) is 8.49. The first-order valence-corrected chi connectivity index (χ1v) is 10.0. The predicted molar refractivity (Wildman–Crippen MR) is 105 cm³/mol. The molecule has 0 fully saturated rings. The molecule has 0 aliphatic rings. The van der Waals surface area contributed by atoms with Gasteiger partial charge in [-0.1, -0.05) is 11.8 Å². The Hall–Kier alpha value is -1.99. The molecule has 26 heavy (non-hydrogen) atoms. The van der Waals surface area contributed by atoms with E-state index in [1.165, 1.54) is 47.4 Å². The van der Waals surface area contributed by atoms with Crippen LogP contribution in [0.4, 0.5) is 4.39 Å². The standard InChI is InChI=1S/C19H19FN2O2S2/c1-10(2)22-18(24)16-11(3)12(4)26-17(16)21-19(22)25-9-15(23)13-5-7-14(20)8-6-13/h5-8,10H,9H2,1-4H3. The summed E-state index contributed by atoms with van der Waals surface area (Å²) in [4.78, 5) is 31.8. The molecule has 0 amide bonds. The number of aryl methyl sites for hydroxylation is 2. The number of halogens is 1. The van der Waals surface area contributed by atoms with Crippen LogP contribution in [0.15, 0.2) is 34.2 Å². The van der Waals surface area contributed by atoms with Crippen LogP contribution in [0.1, 0.15) is 40.7 Å². The van der Waals surface area contributed by atoms with Crippen LogP contribution in [0, 0.1) is 19.7 Å². The van der Waals surface area contributed by atoms with Gasteiger partial charge in [0, 0.05) is 16.5 Å². The quantitative estimate of drug-likeness (QED) is 0.358. The molecule has 2 aromatic heterocycles. The molecule has 3 aromatic rings. The van der Waals surface area contributed by atoms with Crippen molar-refractivity contribution in [3.05, 3.63) is 56.4 Å². The molecular weight excluding hydrogens is 371 g/mol. The fourth-order valence-corrected chi connectivity index (χ4v) is 4.79. The van der Waals surface area contributed by atoms with E-state index in [1.807, 2.05) is 27.7 Å². The van der Waals surface area contributed by atoms with E-state index in [2.05, 4.69) is 4.98 Å². The molecule has 0 aliphatic carbocycles. The Morgan fingerprint density at radius 2 is 1.92 bits per heavy atom. The summed E-state index contributed by atoms with van der Waals surface area (Å²) in [5, 5.41) is 1.20. The van der Waals surface area contributed by atoms with Gasteiger partial charge in [-0.05, 0) is 57.5 Å². The third-order valence-electron chi connectivity index (χ3n) is 4.22. The Labute approximate surface area is 159 Å². The minimum absolute atomic E-state index is 0.0661. The largest absolute Gasteiger partial charge is 0.293 e. The maximum Gasteiger partial charge on any atom is 0.263 e. The van der Waals surface area contributed by atoms with Gasteiger partial charge in [0.1, 0.15) is 10.6 Å². The topological polar surface area (TPSA) is 52.0 Å². The third kappa shape index (κ3) is 3.46. The fraction of sp³-hybridized carbons (Fsp3) is 0.316. The smallest absolute Gasteiger partial charge is 0.263 e. The van der Waals surface area contributed by atoms with Crippen molar-refractivity contribution < 1.29 is 9.18 Å². The van der Waals surface area contributed by atoms with E-state index < -0.39 is 0 Å². The number of nitrogens with zero attached hydrogens (tertiary/aromatic N) is 2. The number of hydrogen-bond acceptors (Lipinski definition) is 5. The molecule has 2 heterocycles. The van der Waals surface area contributed by atoms with Crippen molar-refractivity contribution in [1.29, 1.82) is 0 Å². The summed E-state index contributed by atoms with van der Waals surface area (Å²) < 4.78 is 14.6. The molecule has 1 aromatic carbocycles. The van der Waals surface area contributed by atoms with Gasteiger partial charge in [-0.15, -0.1) is 11.3 Å². The zero-order valence-corrected chi connectivity index (χ0v) is 16.6. The molecular formula is C19H19FN2O2S2. The number of carbonyl (C=O) groups is 1. The van der Waals surface area contributed by atoms with Crippen LogP contribution in [0.2, 0.25) is 0 Å². The zero-order valence-electron chi connectivity index (χ0n) is 15.0. The molecule has 0 atom stereocenters. The highest BCUT2D eigenvalue weighted by Gasteiger charge is 2.19. The lowest BCUT2D eigenvalue weighted by Crippen LogP contribution is -2.25. The molecule has 136 valence electrons. The van der Waals surface area contributed by atoms with E-state index in [-0.39, 0.29) is 29.0 Å². The Balaban J connectivity index is 1.96. The minimum Gasteiger partial charge on any atom is -0.293 e. The van der Waals surface area contributed by atoms with Crippen LogP contribution in [-0.4, -0.2) is 21.1 Å². The first-order valence-electron chi connectivity index (χ1n) is 8.23. The highest BCUT2D eigenvalue weighted by atomic mass is 32.2. The van der Waals surface area contributed by atoms with E-state index in [1.54, 1.807) is 4.57 Å².